The molecule has 0 saturated carbocycles. The van der Waals surface area contributed by atoms with Crippen LogP contribution in [0.25, 0.3) is 0 Å². The van der Waals surface area contributed by atoms with Crippen LogP contribution < -0.4 is 14.4 Å². The van der Waals surface area contributed by atoms with Crippen LogP contribution in [0.5, 0.6) is 5.75 Å². The third kappa shape index (κ3) is 5.26. The molecular weight excluding hydrogens is 424 g/mol. The molecule has 0 saturated heterocycles. The SMILES string of the molecule is COc1ccc(N([C@H](C)C(=O)N[C@@H](C)c2cc(C)c(C)cc2C)S(C)(=O)=O)cc1Cl. The normalized spacial score (nSPS) is 13.5. The molecule has 0 radical (unpaired) electrons. The molecule has 2 aromatic carbocycles. The molecule has 2 rings (SSSR count). The molecule has 0 spiro atoms. The van der Waals surface area contributed by atoms with Crippen molar-refractivity contribution in [1.82, 2.24) is 5.32 Å². The largest absolute Gasteiger partial charge is 0.495 e. The van der Waals surface area contributed by atoms with E-state index in [1.54, 1.807) is 19.1 Å². The first-order valence-corrected chi connectivity index (χ1v) is 11.8. The molecule has 0 bridgehead atoms. The monoisotopic (exact) mass is 452 g/mol. The zero-order valence-electron chi connectivity index (χ0n) is 18.4. The number of halogens is 1. The topological polar surface area (TPSA) is 75.7 Å². The Morgan fingerprint density at radius 3 is 2.20 bits per heavy atom. The highest BCUT2D eigenvalue weighted by molar-refractivity contribution is 7.92. The number of rotatable bonds is 7. The molecule has 8 heteroatoms. The Kier molecular flexibility index (Phi) is 7.42. The summed E-state index contributed by atoms with van der Waals surface area (Å²) in [7, 11) is -2.27. The fourth-order valence-corrected chi connectivity index (χ4v) is 4.88. The minimum atomic E-state index is -3.75. The van der Waals surface area contributed by atoms with Crippen molar-refractivity contribution < 1.29 is 17.9 Å². The molecule has 0 heterocycles. The van der Waals surface area contributed by atoms with Crippen molar-refractivity contribution in [2.24, 2.45) is 0 Å². The number of benzene rings is 2. The molecule has 30 heavy (non-hydrogen) atoms. The van der Waals surface area contributed by atoms with Gasteiger partial charge < -0.3 is 10.1 Å². The molecule has 0 aliphatic carbocycles. The number of carbonyl (C=O) groups is 1. The van der Waals surface area contributed by atoms with Crippen LogP contribution in [0.15, 0.2) is 30.3 Å². The van der Waals surface area contributed by atoms with Crippen molar-refractivity contribution in [3.63, 3.8) is 0 Å². The first-order chi connectivity index (χ1) is 13.9. The van der Waals surface area contributed by atoms with Gasteiger partial charge in [0.05, 0.1) is 30.1 Å². The van der Waals surface area contributed by atoms with Crippen LogP contribution in [0, 0.1) is 20.8 Å². The Labute approximate surface area is 184 Å². The van der Waals surface area contributed by atoms with E-state index in [0.29, 0.717) is 11.4 Å². The van der Waals surface area contributed by atoms with Crippen LogP contribution in [-0.4, -0.2) is 33.7 Å². The highest BCUT2D eigenvalue weighted by atomic mass is 35.5. The Balaban J connectivity index is 2.32. The van der Waals surface area contributed by atoms with Crippen molar-refractivity contribution in [3.05, 3.63) is 57.6 Å². The van der Waals surface area contributed by atoms with Crippen LogP contribution in [0.2, 0.25) is 5.02 Å². The van der Waals surface area contributed by atoms with Gasteiger partial charge in [-0.25, -0.2) is 8.42 Å². The van der Waals surface area contributed by atoms with E-state index in [9.17, 15) is 13.2 Å². The summed E-state index contributed by atoms with van der Waals surface area (Å²) in [5, 5.41) is 3.20. The molecule has 2 atom stereocenters. The van der Waals surface area contributed by atoms with Crippen molar-refractivity contribution in [2.75, 3.05) is 17.7 Å². The number of hydrogen-bond donors (Lipinski definition) is 1. The second-order valence-electron chi connectivity index (χ2n) is 7.58. The number of aryl methyl sites for hydroxylation is 3. The van der Waals surface area contributed by atoms with E-state index in [0.717, 1.165) is 27.3 Å². The molecule has 2 aromatic rings. The van der Waals surface area contributed by atoms with Gasteiger partial charge in [0, 0.05) is 0 Å². The maximum atomic E-state index is 13.0. The summed E-state index contributed by atoms with van der Waals surface area (Å²) in [6.45, 7) is 9.50. The van der Waals surface area contributed by atoms with E-state index in [-0.39, 0.29) is 11.1 Å². The van der Waals surface area contributed by atoms with Crippen LogP contribution in [-0.2, 0) is 14.8 Å². The van der Waals surface area contributed by atoms with Gasteiger partial charge in [-0.1, -0.05) is 23.7 Å². The number of anilines is 1. The van der Waals surface area contributed by atoms with Gasteiger partial charge in [-0.3, -0.25) is 9.10 Å². The molecule has 0 aliphatic heterocycles. The maximum absolute atomic E-state index is 13.0. The number of carbonyl (C=O) groups excluding carboxylic acids is 1. The summed E-state index contributed by atoms with van der Waals surface area (Å²) in [4.78, 5) is 13.0. The molecule has 0 unspecified atom stereocenters. The van der Waals surface area contributed by atoms with E-state index in [1.165, 1.54) is 18.7 Å². The first kappa shape index (κ1) is 24.0. The molecule has 164 valence electrons. The van der Waals surface area contributed by atoms with E-state index in [2.05, 4.69) is 17.4 Å². The quantitative estimate of drug-likeness (QED) is 0.679. The molecule has 0 fully saturated rings. The number of ether oxygens (including phenoxy) is 1. The number of methoxy groups -OCH3 is 1. The lowest BCUT2D eigenvalue weighted by atomic mass is 9.96. The van der Waals surface area contributed by atoms with Crippen LogP contribution in [0.3, 0.4) is 0 Å². The van der Waals surface area contributed by atoms with Gasteiger partial charge in [0.2, 0.25) is 15.9 Å². The van der Waals surface area contributed by atoms with Gasteiger partial charge >= 0.3 is 0 Å². The Hall–Kier alpha value is -2.25. The Morgan fingerprint density at radius 2 is 1.67 bits per heavy atom. The van der Waals surface area contributed by atoms with Crippen LogP contribution in [0.1, 0.15) is 42.1 Å². The smallest absolute Gasteiger partial charge is 0.244 e. The maximum Gasteiger partial charge on any atom is 0.244 e. The van der Waals surface area contributed by atoms with Gasteiger partial charge in [0.1, 0.15) is 11.8 Å². The average molecular weight is 453 g/mol. The van der Waals surface area contributed by atoms with Crippen molar-refractivity contribution in [3.8, 4) is 5.75 Å². The molecular formula is C22H29ClN2O4S. The van der Waals surface area contributed by atoms with Crippen LogP contribution in [0.4, 0.5) is 5.69 Å². The number of sulfonamides is 1. The second-order valence-corrected chi connectivity index (χ2v) is 9.84. The van der Waals surface area contributed by atoms with Crippen LogP contribution >= 0.6 is 11.6 Å². The molecule has 1 amide bonds. The minimum Gasteiger partial charge on any atom is -0.495 e. The Bertz CT molecular complexity index is 1050. The zero-order valence-corrected chi connectivity index (χ0v) is 20.0. The summed E-state index contributed by atoms with van der Waals surface area (Å²) < 4.78 is 31.2. The van der Waals surface area contributed by atoms with E-state index < -0.39 is 22.0 Å². The summed E-state index contributed by atoms with van der Waals surface area (Å²) in [6, 6.07) is 7.49. The van der Waals surface area contributed by atoms with Crippen molar-refractivity contribution in [2.45, 2.75) is 46.7 Å². The molecule has 0 aromatic heterocycles. The van der Waals surface area contributed by atoms with E-state index >= 15 is 0 Å². The number of nitrogens with zero attached hydrogens (tertiary/aromatic N) is 1. The average Bonchev–Trinajstić information content (AvgIpc) is 2.63. The fourth-order valence-electron chi connectivity index (χ4n) is 3.46. The van der Waals surface area contributed by atoms with Gasteiger partial charge in [-0.15, -0.1) is 0 Å². The zero-order chi connectivity index (χ0) is 22.8. The Morgan fingerprint density at radius 1 is 1.07 bits per heavy atom. The minimum absolute atomic E-state index is 0.260. The third-order valence-electron chi connectivity index (χ3n) is 5.19. The summed E-state index contributed by atoms with van der Waals surface area (Å²) in [5.41, 5.74) is 4.68. The summed E-state index contributed by atoms with van der Waals surface area (Å²) in [6.07, 6.45) is 1.06. The standard InChI is InChI=1S/C22H29ClN2O4S/c1-13-10-15(3)19(11-14(13)2)16(4)24-22(26)17(5)25(30(7,27)28)18-8-9-21(29-6)20(23)12-18/h8-12,16-17H,1-7H3,(H,24,26)/t16-,17+/m0/s1. The van der Waals surface area contributed by atoms with E-state index in [1.807, 2.05) is 27.7 Å². The lowest BCUT2D eigenvalue weighted by Gasteiger charge is -2.30. The fraction of sp³-hybridized carbons (Fsp3) is 0.409. The molecule has 0 aliphatic rings. The van der Waals surface area contributed by atoms with Gasteiger partial charge in [-0.2, -0.15) is 0 Å². The highest BCUT2D eigenvalue weighted by Crippen LogP contribution is 2.31. The van der Waals surface area contributed by atoms with E-state index in [4.69, 9.17) is 16.3 Å². The summed E-state index contributed by atoms with van der Waals surface area (Å²) >= 11 is 6.17. The lowest BCUT2D eigenvalue weighted by molar-refractivity contribution is -0.122. The van der Waals surface area contributed by atoms with Crippen molar-refractivity contribution in [1.29, 1.82) is 0 Å². The highest BCUT2D eigenvalue weighted by Gasteiger charge is 2.30. The van der Waals surface area contributed by atoms with Gasteiger partial charge in [0.15, 0.2) is 0 Å². The number of hydrogen-bond acceptors (Lipinski definition) is 4. The predicted octanol–water partition coefficient (Wildman–Crippen LogP) is 4.31. The predicted molar refractivity (Wildman–Crippen MR) is 122 cm³/mol. The van der Waals surface area contributed by atoms with Gasteiger partial charge in [0.25, 0.3) is 0 Å². The van der Waals surface area contributed by atoms with Gasteiger partial charge in [-0.05, 0) is 75.1 Å². The second kappa shape index (κ2) is 9.27. The molecule has 1 N–H and O–H groups in total. The number of amides is 1. The van der Waals surface area contributed by atoms with Crippen molar-refractivity contribution >= 4 is 33.2 Å². The molecule has 6 nitrogen and oxygen atoms in total. The lowest BCUT2D eigenvalue weighted by Crippen LogP contribution is -2.48. The third-order valence-corrected chi connectivity index (χ3v) is 6.72. The first-order valence-electron chi connectivity index (χ1n) is 9.57. The number of nitrogens with one attached hydrogen (secondary N) is 1. The summed E-state index contributed by atoms with van der Waals surface area (Å²) in [5.74, 6) is 0.0160.